The van der Waals surface area contributed by atoms with Gasteiger partial charge < -0.3 is 9.67 Å². The number of hydrogen-bond donors (Lipinski definition) is 2. The first-order chi connectivity index (χ1) is 9.56. The summed E-state index contributed by atoms with van der Waals surface area (Å²) in [4.78, 5) is 23.0. The van der Waals surface area contributed by atoms with E-state index in [0.29, 0.717) is 5.56 Å². The maximum absolute atomic E-state index is 11.8. The van der Waals surface area contributed by atoms with E-state index in [2.05, 4.69) is 10.5 Å². The number of hydrogen-bond acceptors (Lipinski definition) is 4. The number of hydrazone groups is 1. The van der Waals surface area contributed by atoms with E-state index >= 15 is 0 Å². The highest BCUT2D eigenvalue weighted by Gasteiger charge is 2.04. The van der Waals surface area contributed by atoms with Gasteiger partial charge in [-0.2, -0.15) is 5.10 Å². The van der Waals surface area contributed by atoms with Crippen LogP contribution in [-0.2, 0) is 7.05 Å². The highest BCUT2D eigenvalue weighted by molar-refractivity contribution is 5.94. The number of carbonyl (C=O) groups is 1. The molecule has 1 aromatic heterocycles. The van der Waals surface area contributed by atoms with Gasteiger partial charge in [0.25, 0.3) is 5.91 Å². The summed E-state index contributed by atoms with van der Waals surface area (Å²) in [5.41, 5.74) is 3.26. The summed E-state index contributed by atoms with van der Waals surface area (Å²) in [7, 11) is 1.57. The highest BCUT2D eigenvalue weighted by atomic mass is 16.3. The van der Waals surface area contributed by atoms with Gasteiger partial charge in [0.05, 0.1) is 11.8 Å². The van der Waals surface area contributed by atoms with E-state index in [1.165, 1.54) is 41.2 Å². The summed E-state index contributed by atoms with van der Waals surface area (Å²) in [6.07, 6.45) is 2.90. The Bertz CT molecular complexity index is 702. The molecular weight excluding hydrogens is 258 g/mol. The van der Waals surface area contributed by atoms with Crippen LogP contribution in [0.1, 0.15) is 15.9 Å². The van der Waals surface area contributed by atoms with Gasteiger partial charge in [0.1, 0.15) is 5.75 Å². The quantitative estimate of drug-likeness (QED) is 0.641. The number of aromatic hydroxyl groups is 1. The predicted octanol–water partition coefficient (Wildman–Crippen LogP) is 0.855. The fourth-order valence-electron chi connectivity index (χ4n) is 1.52. The Morgan fingerprint density at radius 1 is 1.25 bits per heavy atom. The van der Waals surface area contributed by atoms with Crippen molar-refractivity contribution in [2.45, 2.75) is 0 Å². The summed E-state index contributed by atoms with van der Waals surface area (Å²) < 4.78 is 1.32. The second kappa shape index (κ2) is 5.83. The number of nitrogens with one attached hydrogen (secondary N) is 1. The van der Waals surface area contributed by atoms with Gasteiger partial charge in [-0.1, -0.05) is 0 Å². The maximum atomic E-state index is 11.8. The van der Waals surface area contributed by atoms with Crippen LogP contribution in [0.5, 0.6) is 5.75 Å². The molecule has 2 N–H and O–H groups in total. The van der Waals surface area contributed by atoms with Crippen LogP contribution >= 0.6 is 0 Å². The van der Waals surface area contributed by atoms with Crippen LogP contribution in [0.2, 0.25) is 0 Å². The molecule has 20 heavy (non-hydrogen) atoms. The minimum atomic E-state index is -0.407. The second-order valence-electron chi connectivity index (χ2n) is 4.16. The molecule has 6 heteroatoms. The largest absolute Gasteiger partial charge is 0.508 e. The molecule has 1 heterocycles. The molecular formula is C14H13N3O3. The summed E-state index contributed by atoms with van der Waals surface area (Å²) in [5.74, 6) is -0.244. The van der Waals surface area contributed by atoms with Crippen molar-refractivity contribution >= 4 is 12.1 Å². The Hall–Kier alpha value is -2.89. The maximum Gasteiger partial charge on any atom is 0.272 e. The molecule has 0 aliphatic heterocycles. The smallest absolute Gasteiger partial charge is 0.272 e. The van der Waals surface area contributed by atoms with Crippen LogP contribution in [-0.4, -0.2) is 21.8 Å². The number of carbonyl (C=O) groups excluding carboxylic acids is 1. The number of phenolic OH excluding ortho intramolecular Hbond substituents is 1. The van der Waals surface area contributed by atoms with Crippen LogP contribution in [0.15, 0.2) is 52.5 Å². The molecule has 0 fully saturated rings. The zero-order valence-corrected chi connectivity index (χ0v) is 10.8. The summed E-state index contributed by atoms with van der Waals surface area (Å²) in [6.45, 7) is 0. The van der Waals surface area contributed by atoms with E-state index in [4.69, 9.17) is 5.11 Å². The number of nitrogens with zero attached hydrogens (tertiary/aromatic N) is 2. The SMILES string of the molecule is Cn1cc(C(=O)N/N=C/c2ccc(O)cc2)ccc1=O. The lowest BCUT2D eigenvalue weighted by Crippen LogP contribution is -2.22. The number of amides is 1. The molecule has 2 aromatic rings. The number of aryl methyl sites for hydroxylation is 1. The monoisotopic (exact) mass is 271 g/mol. The third-order valence-electron chi connectivity index (χ3n) is 2.62. The summed E-state index contributed by atoms with van der Waals surface area (Å²) in [5, 5.41) is 12.9. The minimum Gasteiger partial charge on any atom is -0.508 e. The molecule has 2 rings (SSSR count). The molecule has 0 atom stereocenters. The molecule has 0 aliphatic carbocycles. The van der Waals surface area contributed by atoms with Gasteiger partial charge in [0.15, 0.2) is 0 Å². The van der Waals surface area contributed by atoms with E-state index in [0.717, 1.165) is 5.56 Å². The molecule has 1 amide bonds. The predicted molar refractivity (Wildman–Crippen MR) is 74.9 cm³/mol. The van der Waals surface area contributed by atoms with Gasteiger partial charge in [-0.05, 0) is 35.9 Å². The normalized spacial score (nSPS) is 10.7. The average Bonchev–Trinajstić information content (AvgIpc) is 2.44. The minimum absolute atomic E-state index is 0.163. The second-order valence-corrected chi connectivity index (χ2v) is 4.16. The van der Waals surface area contributed by atoms with Crippen molar-refractivity contribution in [2.75, 3.05) is 0 Å². The third-order valence-corrected chi connectivity index (χ3v) is 2.62. The fraction of sp³-hybridized carbons (Fsp3) is 0.0714. The average molecular weight is 271 g/mol. The fourth-order valence-corrected chi connectivity index (χ4v) is 1.52. The Morgan fingerprint density at radius 2 is 1.95 bits per heavy atom. The molecule has 0 unspecified atom stereocenters. The first-order valence-electron chi connectivity index (χ1n) is 5.85. The molecule has 0 bridgehead atoms. The van der Waals surface area contributed by atoms with Gasteiger partial charge in [-0.15, -0.1) is 0 Å². The summed E-state index contributed by atoms with van der Waals surface area (Å²) in [6, 6.07) is 9.13. The topological polar surface area (TPSA) is 83.7 Å². The van der Waals surface area contributed by atoms with Crippen molar-refractivity contribution in [3.63, 3.8) is 0 Å². The molecule has 0 radical (unpaired) electrons. The Morgan fingerprint density at radius 3 is 2.60 bits per heavy atom. The van der Waals surface area contributed by atoms with Gasteiger partial charge in [0.2, 0.25) is 5.56 Å². The van der Waals surface area contributed by atoms with Crippen LogP contribution in [0.25, 0.3) is 0 Å². The van der Waals surface area contributed by atoms with Crippen molar-refractivity contribution in [1.82, 2.24) is 9.99 Å². The van der Waals surface area contributed by atoms with Crippen molar-refractivity contribution in [3.8, 4) is 5.75 Å². The van der Waals surface area contributed by atoms with Crippen molar-refractivity contribution < 1.29 is 9.90 Å². The van der Waals surface area contributed by atoms with Crippen molar-refractivity contribution in [2.24, 2.45) is 12.1 Å². The number of benzene rings is 1. The number of pyridine rings is 1. The zero-order chi connectivity index (χ0) is 14.5. The number of aromatic nitrogens is 1. The van der Waals surface area contributed by atoms with Gasteiger partial charge in [-0.3, -0.25) is 9.59 Å². The van der Waals surface area contributed by atoms with Crippen molar-refractivity contribution in [3.05, 3.63) is 64.1 Å². The van der Waals surface area contributed by atoms with E-state index in [1.807, 2.05) is 0 Å². The third kappa shape index (κ3) is 3.32. The van der Waals surface area contributed by atoms with Crippen molar-refractivity contribution in [1.29, 1.82) is 0 Å². The van der Waals surface area contributed by atoms with Gasteiger partial charge in [-0.25, -0.2) is 5.43 Å². The van der Waals surface area contributed by atoms with E-state index in [1.54, 1.807) is 19.2 Å². The van der Waals surface area contributed by atoms with Crippen LogP contribution in [0.4, 0.5) is 0 Å². The zero-order valence-electron chi connectivity index (χ0n) is 10.8. The standard InChI is InChI=1S/C14H13N3O3/c1-17-9-11(4-7-13(17)19)14(20)16-15-8-10-2-5-12(18)6-3-10/h2-9,18H,1H3,(H,16,20)/b15-8+. The molecule has 0 aliphatic rings. The lowest BCUT2D eigenvalue weighted by atomic mass is 10.2. The lowest BCUT2D eigenvalue weighted by Gasteiger charge is -2.02. The Balaban J connectivity index is 2.03. The first kappa shape index (κ1) is 13.5. The Labute approximate surface area is 115 Å². The summed E-state index contributed by atoms with van der Waals surface area (Å²) >= 11 is 0. The van der Waals surface area contributed by atoms with E-state index in [9.17, 15) is 9.59 Å². The van der Waals surface area contributed by atoms with Crippen LogP contribution in [0, 0.1) is 0 Å². The Kier molecular flexibility index (Phi) is 3.95. The van der Waals surface area contributed by atoms with Crippen LogP contribution < -0.4 is 11.0 Å². The number of rotatable bonds is 3. The van der Waals surface area contributed by atoms with Gasteiger partial charge in [0, 0.05) is 19.3 Å². The number of phenols is 1. The lowest BCUT2D eigenvalue weighted by molar-refractivity contribution is 0.0954. The molecule has 0 spiro atoms. The first-order valence-corrected chi connectivity index (χ1v) is 5.85. The van der Waals surface area contributed by atoms with E-state index in [-0.39, 0.29) is 11.3 Å². The molecule has 102 valence electrons. The van der Waals surface area contributed by atoms with E-state index < -0.39 is 5.91 Å². The molecule has 1 aromatic carbocycles. The molecule has 0 saturated heterocycles. The molecule has 0 saturated carbocycles. The van der Waals surface area contributed by atoms with Crippen LogP contribution in [0.3, 0.4) is 0 Å². The molecule has 6 nitrogen and oxygen atoms in total. The highest BCUT2D eigenvalue weighted by Crippen LogP contribution is 2.07. The van der Waals surface area contributed by atoms with Gasteiger partial charge >= 0.3 is 0 Å².